The van der Waals surface area contributed by atoms with Crippen molar-refractivity contribution in [1.29, 1.82) is 0 Å². The van der Waals surface area contributed by atoms with Crippen LogP contribution in [0, 0.1) is 5.92 Å². The van der Waals surface area contributed by atoms with Gasteiger partial charge in [-0.3, -0.25) is 4.79 Å². The minimum Gasteiger partial charge on any atom is -0.383 e. The second-order valence-electron chi connectivity index (χ2n) is 8.08. The molecule has 0 aromatic heterocycles. The Hall–Kier alpha value is -0.610. The van der Waals surface area contributed by atoms with Crippen LogP contribution in [0.15, 0.2) is 4.99 Å². The van der Waals surface area contributed by atoms with E-state index in [1.54, 1.807) is 26.1 Å². The van der Waals surface area contributed by atoms with Crippen LogP contribution in [0.2, 0.25) is 0 Å². The molecule has 0 bridgehead atoms. The Bertz CT molecular complexity index is 454. The summed E-state index contributed by atoms with van der Waals surface area (Å²) in [5.74, 6) is 1.75. The number of carbonyl (C=O) groups is 1. The molecule has 1 heterocycles. The number of amides is 1. The van der Waals surface area contributed by atoms with E-state index < -0.39 is 0 Å². The van der Waals surface area contributed by atoms with Gasteiger partial charge in [-0.1, -0.05) is 13.3 Å². The van der Waals surface area contributed by atoms with Crippen molar-refractivity contribution in [3.05, 3.63) is 0 Å². The van der Waals surface area contributed by atoms with Crippen molar-refractivity contribution in [2.24, 2.45) is 10.9 Å². The third-order valence-corrected chi connectivity index (χ3v) is 5.42. The highest BCUT2D eigenvalue weighted by atomic mass is 127. The average molecular weight is 526 g/mol. The van der Waals surface area contributed by atoms with Crippen LogP contribution in [-0.2, 0) is 9.53 Å². The number of nitrogens with zero attached hydrogens (tertiary/aromatic N) is 4. The van der Waals surface area contributed by atoms with E-state index in [1.165, 1.54) is 25.7 Å². The summed E-state index contributed by atoms with van der Waals surface area (Å²) >= 11 is 0. The summed E-state index contributed by atoms with van der Waals surface area (Å²) in [5, 5.41) is 3.46. The van der Waals surface area contributed by atoms with Gasteiger partial charge in [0.15, 0.2) is 5.96 Å². The van der Waals surface area contributed by atoms with E-state index in [2.05, 4.69) is 34.1 Å². The quantitative estimate of drug-likeness (QED) is 0.184. The van der Waals surface area contributed by atoms with Crippen molar-refractivity contribution in [2.75, 3.05) is 74.1 Å². The summed E-state index contributed by atoms with van der Waals surface area (Å²) in [7, 11) is 7.48. The fourth-order valence-electron chi connectivity index (χ4n) is 3.37. The van der Waals surface area contributed by atoms with Gasteiger partial charge >= 0.3 is 0 Å². The molecule has 1 saturated heterocycles. The molecule has 0 aromatic rings. The molecule has 29 heavy (non-hydrogen) atoms. The molecule has 1 rings (SSSR count). The molecule has 172 valence electrons. The standard InChI is InChI=1S/C21H43N5O2.HI/c1-6-7-12-22-21(23-18-20(27)24(2)3)26-14-10-19(11-15-26)9-8-13-25(4)16-17-28-5;/h19H,6-18H2,1-5H3,(H,22,23);1H. The first kappa shape index (κ1) is 28.4. The minimum absolute atomic E-state index is 0. The van der Waals surface area contributed by atoms with Crippen LogP contribution in [0.3, 0.4) is 0 Å². The Balaban J connectivity index is 0.00000784. The molecule has 1 aliphatic heterocycles. The molecule has 1 fully saturated rings. The second-order valence-corrected chi connectivity index (χ2v) is 8.08. The third kappa shape index (κ3) is 12.6. The SMILES string of the molecule is CCCCNC(=NCC(=O)N(C)C)N1CCC(CCCN(C)CCOC)CC1.I. The predicted octanol–water partition coefficient (Wildman–Crippen LogP) is 2.51. The van der Waals surface area contributed by atoms with Crippen LogP contribution < -0.4 is 5.32 Å². The predicted molar refractivity (Wildman–Crippen MR) is 132 cm³/mol. The lowest BCUT2D eigenvalue weighted by atomic mass is 9.92. The van der Waals surface area contributed by atoms with Crippen LogP contribution in [0.25, 0.3) is 0 Å². The smallest absolute Gasteiger partial charge is 0.243 e. The van der Waals surface area contributed by atoms with Gasteiger partial charge in [-0.25, -0.2) is 4.99 Å². The molecule has 1 aliphatic rings. The number of guanidine groups is 1. The summed E-state index contributed by atoms with van der Waals surface area (Å²) in [4.78, 5) is 22.8. The number of likely N-dealkylation sites (tertiary alicyclic amines) is 1. The van der Waals surface area contributed by atoms with Crippen molar-refractivity contribution in [2.45, 2.75) is 45.4 Å². The first-order chi connectivity index (χ1) is 13.5. The summed E-state index contributed by atoms with van der Waals surface area (Å²) in [5.41, 5.74) is 0. The Morgan fingerprint density at radius 1 is 1.17 bits per heavy atom. The number of carbonyl (C=O) groups excluding carboxylic acids is 1. The molecule has 0 radical (unpaired) electrons. The van der Waals surface area contributed by atoms with Crippen molar-refractivity contribution in [3.63, 3.8) is 0 Å². The maximum Gasteiger partial charge on any atom is 0.243 e. The normalized spacial score (nSPS) is 15.4. The lowest BCUT2D eigenvalue weighted by molar-refractivity contribution is -0.127. The van der Waals surface area contributed by atoms with Crippen LogP contribution in [0.4, 0.5) is 0 Å². The van der Waals surface area contributed by atoms with E-state index in [1.807, 2.05) is 0 Å². The Morgan fingerprint density at radius 3 is 2.45 bits per heavy atom. The molecule has 1 N–H and O–H groups in total. The molecule has 1 amide bonds. The molecule has 0 aliphatic carbocycles. The highest BCUT2D eigenvalue weighted by molar-refractivity contribution is 14.0. The van der Waals surface area contributed by atoms with E-state index in [4.69, 9.17) is 4.74 Å². The second kappa shape index (κ2) is 17.1. The maximum atomic E-state index is 11.9. The first-order valence-corrected chi connectivity index (χ1v) is 10.9. The van der Waals surface area contributed by atoms with Crippen molar-refractivity contribution in [3.8, 4) is 0 Å². The monoisotopic (exact) mass is 525 g/mol. The number of aliphatic imine (C=N–C) groups is 1. The van der Waals surface area contributed by atoms with Crippen molar-refractivity contribution < 1.29 is 9.53 Å². The Morgan fingerprint density at radius 2 is 1.86 bits per heavy atom. The molecule has 8 heteroatoms. The van der Waals surface area contributed by atoms with Gasteiger partial charge in [0.2, 0.25) is 5.91 Å². The van der Waals surface area contributed by atoms with Gasteiger partial charge in [-0.15, -0.1) is 24.0 Å². The molecular weight excluding hydrogens is 481 g/mol. The number of nitrogens with one attached hydrogen (secondary N) is 1. The number of hydrogen-bond acceptors (Lipinski definition) is 4. The molecule has 0 saturated carbocycles. The number of likely N-dealkylation sites (N-methyl/N-ethyl adjacent to an activating group) is 2. The van der Waals surface area contributed by atoms with E-state index in [0.717, 1.165) is 64.0 Å². The van der Waals surface area contributed by atoms with Gasteiger partial charge in [0.1, 0.15) is 6.54 Å². The van der Waals surface area contributed by atoms with E-state index in [-0.39, 0.29) is 36.4 Å². The van der Waals surface area contributed by atoms with E-state index in [9.17, 15) is 4.79 Å². The van der Waals surface area contributed by atoms with Crippen LogP contribution in [0.1, 0.15) is 45.4 Å². The lowest BCUT2D eigenvalue weighted by Crippen LogP contribution is -2.46. The molecular formula is C21H44IN5O2. The van der Waals surface area contributed by atoms with E-state index in [0.29, 0.717) is 0 Å². The topological polar surface area (TPSA) is 60.4 Å². The number of hydrogen-bond donors (Lipinski definition) is 1. The van der Waals surface area contributed by atoms with Gasteiger partial charge in [-0.2, -0.15) is 0 Å². The van der Waals surface area contributed by atoms with Gasteiger partial charge in [-0.05, 0) is 51.6 Å². The lowest BCUT2D eigenvalue weighted by Gasteiger charge is -2.34. The van der Waals surface area contributed by atoms with Crippen LogP contribution in [0.5, 0.6) is 0 Å². The largest absolute Gasteiger partial charge is 0.383 e. The Kier molecular flexibility index (Phi) is 16.7. The number of piperidine rings is 1. The van der Waals surface area contributed by atoms with Crippen molar-refractivity contribution in [1.82, 2.24) is 20.0 Å². The number of ether oxygens (including phenoxy) is 1. The highest BCUT2D eigenvalue weighted by Gasteiger charge is 2.21. The molecule has 0 aromatic carbocycles. The van der Waals surface area contributed by atoms with Crippen LogP contribution >= 0.6 is 24.0 Å². The zero-order chi connectivity index (χ0) is 20.8. The fourth-order valence-corrected chi connectivity index (χ4v) is 3.37. The number of methoxy groups -OCH3 is 1. The average Bonchev–Trinajstić information content (AvgIpc) is 2.69. The molecule has 7 nitrogen and oxygen atoms in total. The number of rotatable bonds is 12. The summed E-state index contributed by atoms with van der Waals surface area (Å²) in [6.45, 7) is 8.32. The van der Waals surface area contributed by atoms with E-state index >= 15 is 0 Å². The maximum absolute atomic E-state index is 11.9. The van der Waals surface area contributed by atoms with Gasteiger partial charge in [0, 0.05) is 47.4 Å². The zero-order valence-corrected chi connectivity index (χ0v) is 21.6. The number of unbranched alkanes of at least 4 members (excludes halogenated alkanes) is 1. The van der Waals surface area contributed by atoms with Gasteiger partial charge < -0.3 is 24.8 Å². The van der Waals surface area contributed by atoms with Gasteiger partial charge in [0.05, 0.1) is 6.61 Å². The Labute approximate surface area is 195 Å². The first-order valence-electron chi connectivity index (χ1n) is 10.9. The zero-order valence-electron chi connectivity index (χ0n) is 19.3. The van der Waals surface area contributed by atoms with Crippen molar-refractivity contribution >= 4 is 35.8 Å². The highest BCUT2D eigenvalue weighted by Crippen LogP contribution is 2.22. The minimum atomic E-state index is 0. The fraction of sp³-hybridized carbons (Fsp3) is 0.905. The van der Waals surface area contributed by atoms with Gasteiger partial charge in [0.25, 0.3) is 0 Å². The number of halogens is 1. The summed E-state index contributed by atoms with van der Waals surface area (Å²) in [6.07, 6.45) is 7.22. The molecule has 0 spiro atoms. The van der Waals surface area contributed by atoms with Crippen LogP contribution in [-0.4, -0.2) is 101 Å². The molecule has 0 unspecified atom stereocenters. The summed E-state index contributed by atoms with van der Waals surface area (Å²) in [6, 6.07) is 0. The summed E-state index contributed by atoms with van der Waals surface area (Å²) < 4.78 is 5.14. The third-order valence-electron chi connectivity index (χ3n) is 5.42. The molecule has 0 atom stereocenters.